The summed E-state index contributed by atoms with van der Waals surface area (Å²) in [5.74, 6) is -0.238. The largest absolute Gasteiger partial charge is 0.478 e. The summed E-state index contributed by atoms with van der Waals surface area (Å²) >= 11 is 0. The molecule has 3 aromatic rings. The molecule has 0 amide bonds. The molecule has 2 aromatic carbocycles. The van der Waals surface area contributed by atoms with Gasteiger partial charge in [-0.05, 0) is 43.8 Å². The van der Waals surface area contributed by atoms with Crippen molar-refractivity contribution < 1.29 is 9.90 Å². The highest BCUT2D eigenvalue weighted by molar-refractivity contribution is 5.90. The summed E-state index contributed by atoms with van der Waals surface area (Å²) < 4.78 is 0. The number of carbonyl (C=O) groups is 1. The molecule has 0 unspecified atom stereocenters. The first-order valence-corrected chi connectivity index (χ1v) is 8.79. The van der Waals surface area contributed by atoms with Crippen LogP contribution >= 0.6 is 0 Å². The van der Waals surface area contributed by atoms with Crippen LogP contribution in [0.25, 0.3) is 22.4 Å². The lowest BCUT2D eigenvalue weighted by Gasteiger charge is -2.34. The van der Waals surface area contributed by atoms with E-state index in [1.165, 1.54) is 5.69 Å². The molecule has 2 N–H and O–H groups in total. The number of likely N-dealkylation sites (N-methyl/N-ethyl adjacent to an activating group) is 1. The zero-order chi connectivity index (χ0) is 18.3. The predicted molar refractivity (Wildman–Crippen MR) is 103 cm³/mol. The fraction of sp³-hybridized carbons (Fsp3) is 0.300. The van der Waals surface area contributed by atoms with Crippen LogP contribution in [0, 0.1) is 6.92 Å². The van der Waals surface area contributed by atoms with Crippen LogP contribution in [0.4, 0.5) is 5.69 Å². The van der Waals surface area contributed by atoms with E-state index in [-0.39, 0.29) is 5.56 Å². The van der Waals surface area contributed by atoms with Gasteiger partial charge < -0.3 is 19.9 Å². The van der Waals surface area contributed by atoms with Gasteiger partial charge in [-0.15, -0.1) is 0 Å². The quantitative estimate of drug-likeness (QED) is 0.760. The molecule has 0 aliphatic carbocycles. The Morgan fingerprint density at radius 2 is 1.92 bits per heavy atom. The number of imidazole rings is 1. The van der Waals surface area contributed by atoms with Gasteiger partial charge in [-0.2, -0.15) is 0 Å². The average molecular weight is 350 g/mol. The lowest BCUT2D eigenvalue weighted by Crippen LogP contribution is -2.44. The van der Waals surface area contributed by atoms with E-state index in [1.54, 1.807) is 18.2 Å². The average Bonchev–Trinajstić information content (AvgIpc) is 3.07. The molecule has 1 aliphatic rings. The molecule has 1 aromatic heterocycles. The molecular weight excluding hydrogens is 328 g/mol. The Balaban J connectivity index is 1.72. The molecule has 1 aliphatic heterocycles. The fourth-order valence-corrected chi connectivity index (χ4v) is 3.45. The topological polar surface area (TPSA) is 72.5 Å². The summed E-state index contributed by atoms with van der Waals surface area (Å²) in [7, 11) is 2.15. The van der Waals surface area contributed by atoms with Gasteiger partial charge in [0.15, 0.2) is 0 Å². The number of nitrogens with zero attached hydrogens (tertiary/aromatic N) is 3. The Morgan fingerprint density at radius 3 is 2.65 bits per heavy atom. The molecule has 26 heavy (non-hydrogen) atoms. The number of piperazine rings is 1. The zero-order valence-electron chi connectivity index (χ0n) is 15.0. The van der Waals surface area contributed by atoms with Crippen molar-refractivity contribution in [2.24, 2.45) is 0 Å². The van der Waals surface area contributed by atoms with Crippen LogP contribution in [0.1, 0.15) is 15.9 Å². The van der Waals surface area contributed by atoms with Gasteiger partial charge in [-0.25, -0.2) is 9.78 Å². The van der Waals surface area contributed by atoms with Crippen LogP contribution in [0.2, 0.25) is 0 Å². The number of aromatic carboxylic acids is 1. The van der Waals surface area contributed by atoms with Crippen molar-refractivity contribution in [2.45, 2.75) is 6.92 Å². The second-order valence-corrected chi connectivity index (χ2v) is 6.92. The van der Waals surface area contributed by atoms with Gasteiger partial charge in [0.25, 0.3) is 0 Å². The summed E-state index contributed by atoms with van der Waals surface area (Å²) in [5, 5.41) is 9.20. The molecule has 0 radical (unpaired) electrons. The van der Waals surface area contributed by atoms with Crippen LogP contribution in [-0.2, 0) is 0 Å². The van der Waals surface area contributed by atoms with Gasteiger partial charge in [-0.1, -0.05) is 12.1 Å². The number of H-pyrrole nitrogens is 1. The lowest BCUT2D eigenvalue weighted by molar-refractivity contribution is 0.0697. The maximum atomic E-state index is 11.2. The molecule has 0 atom stereocenters. The third kappa shape index (κ3) is 3.04. The van der Waals surface area contributed by atoms with Crippen LogP contribution in [-0.4, -0.2) is 59.2 Å². The van der Waals surface area contributed by atoms with Crippen LogP contribution in [0.3, 0.4) is 0 Å². The number of rotatable bonds is 3. The van der Waals surface area contributed by atoms with Crippen molar-refractivity contribution in [3.8, 4) is 11.4 Å². The summed E-state index contributed by atoms with van der Waals surface area (Å²) in [6.07, 6.45) is 0. The maximum Gasteiger partial charge on any atom is 0.335 e. The first-order chi connectivity index (χ1) is 12.5. The molecule has 0 bridgehead atoms. The van der Waals surface area contributed by atoms with Gasteiger partial charge in [0, 0.05) is 37.4 Å². The number of benzene rings is 2. The Hall–Kier alpha value is -2.86. The van der Waals surface area contributed by atoms with Gasteiger partial charge >= 0.3 is 5.97 Å². The van der Waals surface area contributed by atoms with Crippen molar-refractivity contribution in [3.05, 3.63) is 47.5 Å². The van der Waals surface area contributed by atoms with Crippen LogP contribution in [0.15, 0.2) is 36.4 Å². The first kappa shape index (κ1) is 16.6. The van der Waals surface area contributed by atoms with E-state index in [9.17, 15) is 9.90 Å². The minimum absolute atomic E-state index is 0.262. The molecule has 2 heterocycles. The summed E-state index contributed by atoms with van der Waals surface area (Å²) in [4.78, 5) is 24.0. The minimum atomic E-state index is -0.934. The van der Waals surface area contributed by atoms with Gasteiger partial charge in [0.05, 0.1) is 16.6 Å². The monoisotopic (exact) mass is 350 g/mol. The summed E-state index contributed by atoms with van der Waals surface area (Å²) in [6, 6.07) is 11.2. The third-order valence-electron chi connectivity index (χ3n) is 5.01. The van der Waals surface area contributed by atoms with Crippen LogP contribution < -0.4 is 4.90 Å². The molecule has 1 saturated heterocycles. The number of aromatic amines is 1. The number of anilines is 1. The van der Waals surface area contributed by atoms with Crippen LogP contribution in [0.5, 0.6) is 0 Å². The Bertz CT molecular complexity index is 971. The number of nitrogens with one attached hydrogen (secondary N) is 1. The van der Waals surface area contributed by atoms with E-state index in [4.69, 9.17) is 4.98 Å². The van der Waals surface area contributed by atoms with Crippen molar-refractivity contribution >= 4 is 22.7 Å². The highest BCUT2D eigenvalue weighted by atomic mass is 16.4. The van der Waals surface area contributed by atoms with Crippen molar-refractivity contribution in [1.82, 2.24) is 14.9 Å². The van der Waals surface area contributed by atoms with Gasteiger partial charge in [0.1, 0.15) is 5.82 Å². The SMILES string of the molecule is Cc1cc(N2CCN(C)CC2)cc2[nH]c(-c3cccc(C(=O)O)c3)nc12. The first-order valence-electron chi connectivity index (χ1n) is 8.79. The van der Waals surface area contributed by atoms with Gasteiger partial charge in [0.2, 0.25) is 0 Å². The van der Waals surface area contributed by atoms with Gasteiger partial charge in [-0.3, -0.25) is 0 Å². The molecule has 1 fully saturated rings. The van der Waals surface area contributed by atoms with E-state index in [0.29, 0.717) is 5.82 Å². The van der Waals surface area contributed by atoms with E-state index in [0.717, 1.165) is 48.3 Å². The minimum Gasteiger partial charge on any atom is -0.478 e. The van der Waals surface area contributed by atoms with E-state index < -0.39 is 5.97 Å². The highest BCUT2D eigenvalue weighted by Crippen LogP contribution is 2.28. The molecule has 4 rings (SSSR count). The molecule has 6 nitrogen and oxygen atoms in total. The standard InChI is InChI=1S/C20H22N4O2/c1-13-10-16(24-8-6-23(2)7-9-24)12-17-18(13)22-19(21-17)14-4-3-5-15(11-14)20(25)26/h3-5,10-12H,6-9H2,1-2H3,(H,21,22)(H,25,26). The zero-order valence-corrected chi connectivity index (χ0v) is 15.0. The van der Waals surface area contributed by atoms with Crippen molar-refractivity contribution in [2.75, 3.05) is 38.1 Å². The maximum absolute atomic E-state index is 11.2. The normalized spacial score (nSPS) is 15.5. The van der Waals surface area contributed by atoms with Crippen molar-refractivity contribution in [3.63, 3.8) is 0 Å². The number of carboxylic acid groups (broad SMARTS) is 1. The number of carboxylic acids is 1. The van der Waals surface area contributed by atoms with E-state index in [2.05, 4.69) is 40.9 Å². The third-order valence-corrected chi connectivity index (χ3v) is 5.01. The molecule has 134 valence electrons. The Kier molecular flexibility index (Phi) is 4.12. The molecule has 0 spiro atoms. The number of aryl methyl sites for hydroxylation is 1. The highest BCUT2D eigenvalue weighted by Gasteiger charge is 2.17. The smallest absolute Gasteiger partial charge is 0.335 e. The molecule has 0 saturated carbocycles. The predicted octanol–water partition coefficient (Wildman–Crippen LogP) is 2.99. The number of hydrogen-bond acceptors (Lipinski definition) is 4. The number of hydrogen-bond donors (Lipinski definition) is 2. The second kappa shape index (κ2) is 6.46. The Labute approximate surface area is 152 Å². The summed E-state index contributed by atoms with van der Waals surface area (Å²) in [6.45, 7) is 6.23. The number of aromatic nitrogens is 2. The molecule has 6 heteroatoms. The van der Waals surface area contributed by atoms with Crippen molar-refractivity contribution in [1.29, 1.82) is 0 Å². The summed E-state index contributed by atoms with van der Waals surface area (Å²) in [5.41, 5.74) is 5.28. The Morgan fingerprint density at radius 1 is 1.15 bits per heavy atom. The van der Waals surface area contributed by atoms with E-state index in [1.807, 2.05) is 6.07 Å². The fourth-order valence-electron chi connectivity index (χ4n) is 3.45. The second-order valence-electron chi connectivity index (χ2n) is 6.92. The lowest BCUT2D eigenvalue weighted by atomic mass is 10.1. The van der Waals surface area contributed by atoms with E-state index >= 15 is 0 Å². The molecular formula is C20H22N4O2. The number of fused-ring (bicyclic) bond motifs is 1.